The lowest BCUT2D eigenvalue weighted by atomic mass is 10.0. The van der Waals surface area contributed by atoms with Crippen molar-refractivity contribution in [1.82, 2.24) is 16.1 Å². The minimum atomic E-state index is -0.502. The summed E-state index contributed by atoms with van der Waals surface area (Å²) in [4.78, 5) is 0. The lowest BCUT2D eigenvalue weighted by Gasteiger charge is -2.29. The topological polar surface area (TPSA) is 131 Å². The number of hydrogen-bond acceptors (Lipinski definition) is 8. The zero-order valence-corrected chi connectivity index (χ0v) is 16.6. The van der Waals surface area contributed by atoms with Crippen LogP contribution in [0.1, 0.15) is 25.3 Å². The number of benzene rings is 1. The number of nitrogens with zero attached hydrogens (tertiary/aromatic N) is 2. The highest BCUT2D eigenvalue weighted by Crippen LogP contribution is 2.35. The third-order valence-electron chi connectivity index (χ3n) is 3.57. The average molecular weight is 471 g/mol. The van der Waals surface area contributed by atoms with Crippen LogP contribution >= 0.6 is 22.6 Å². The fourth-order valence-electron chi connectivity index (χ4n) is 2.33. The second-order valence-electron chi connectivity index (χ2n) is 5.68. The summed E-state index contributed by atoms with van der Waals surface area (Å²) in [6.45, 7) is 4.35. The van der Waals surface area contributed by atoms with Crippen LogP contribution in [0.25, 0.3) is 0 Å². The predicted octanol–water partition coefficient (Wildman–Crippen LogP) is 1.24. The van der Waals surface area contributed by atoms with E-state index in [4.69, 9.17) is 27.6 Å². The summed E-state index contributed by atoms with van der Waals surface area (Å²) in [5.74, 6) is 15.3. The van der Waals surface area contributed by atoms with Crippen LogP contribution in [0.15, 0.2) is 34.4 Å². The van der Waals surface area contributed by atoms with Crippen molar-refractivity contribution in [1.29, 1.82) is 0 Å². The monoisotopic (exact) mass is 471 g/mol. The number of ether oxygens (including phenoxy) is 2. The largest absolute Gasteiger partial charge is 0.480 e. The Kier molecular flexibility index (Phi) is 7.46. The Hall–Kier alpha value is -2.07. The van der Waals surface area contributed by atoms with Gasteiger partial charge in [-0.2, -0.15) is 0 Å². The number of terminal acetylenes is 1. The summed E-state index contributed by atoms with van der Waals surface area (Å²) in [7, 11) is 0. The molecule has 1 aliphatic heterocycles. The molecule has 9 nitrogen and oxygen atoms in total. The van der Waals surface area contributed by atoms with E-state index in [0.717, 1.165) is 14.9 Å². The first kappa shape index (κ1) is 20.2. The van der Waals surface area contributed by atoms with Crippen LogP contribution in [0.3, 0.4) is 0 Å². The molecule has 0 spiro atoms. The Bertz CT molecular complexity index is 730. The maximum atomic E-state index is 6.11. The van der Waals surface area contributed by atoms with Gasteiger partial charge in [-0.3, -0.25) is 11.2 Å². The minimum absolute atomic E-state index is 0.211. The molecule has 0 bridgehead atoms. The zero-order chi connectivity index (χ0) is 19.1. The van der Waals surface area contributed by atoms with Gasteiger partial charge in [0.15, 0.2) is 12.0 Å². The SMILES string of the molecule is C#CCOc1cc(C(C)C)c(OC2=CNC(N=NN)NC2NN)cc1I. The van der Waals surface area contributed by atoms with Crippen molar-refractivity contribution >= 4 is 22.6 Å². The smallest absolute Gasteiger partial charge is 0.197 e. The van der Waals surface area contributed by atoms with Crippen LogP contribution in [0, 0.1) is 15.9 Å². The maximum Gasteiger partial charge on any atom is 0.197 e. The van der Waals surface area contributed by atoms with E-state index < -0.39 is 12.5 Å². The number of nitrogens with two attached hydrogens (primary N) is 2. The molecule has 26 heavy (non-hydrogen) atoms. The first-order valence-electron chi connectivity index (χ1n) is 7.86. The second-order valence-corrected chi connectivity index (χ2v) is 6.85. The van der Waals surface area contributed by atoms with Crippen LogP contribution < -0.4 is 37.2 Å². The van der Waals surface area contributed by atoms with Gasteiger partial charge in [0, 0.05) is 11.8 Å². The van der Waals surface area contributed by atoms with Gasteiger partial charge in [-0.1, -0.05) is 25.0 Å². The number of hydrazine groups is 1. The molecule has 1 aromatic rings. The number of hydrogen-bond donors (Lipinski definition) is 5. The van der Waals surface area contributed by atoms with Gasteiger partial charge in [0.25, 0.3) is 0 Å². The van der Waals surface area contributed by atoms with Gasteiger partial charge in [0.1, 0.15) is 24.3 Å². The van der Waals surface area contributed by atoms with Crippen molar-refractivity contribution in [3.8, 4) is 23.8 Å². The second kappa shape index (κ2) is 9.58. The highest BCUT2D eigenvalue weighted by Gasteiger charge is 2.25. The number of nitrogens with one attached hydrogen (secondary N) is 3. The summed E-state index contributed by atoms with van der Waals surface area (Å²) in [5.41, 5.74) is 3.61. The summed E-state index contributed by atoms with van der Waals surface area (Å²) >= 11 is 2.18. The third-order valence-corrected chi connectivity index (χ3v) is 4.41. The fourth-order valence-corrected chi connectivity index (χ4v) is 2.93. The van der Waals surface area contributed by atoms with Gasteiger partial charge < -0.3 is 20.6 Å². The molecule has 2 rings (SSSR count). The van der Waals surface area contributed by atoms with Crippen LogP contribution in [-0.4, -0.2) is 19.1 Å². The lowest BCUT2D eigenvalue weighted by molar-refractivity contribution is 0.265. The van der Waals surface area contributed by atoms with Crippen LogP contribution in [0.4, 0.5) is 0 Å². The predicted molar refractivity (Wildman–Crippen MR) is 107 cm³/mol. The van der Waals surface area contributed by atoms with Gasteiger partial charge >= 0.3 is 0 Å². The maximum absolute atomic E-state index is 6.11. The molecule has 0 saturated carbocycles. The molecule has 7 N–H and O–H groups in total. The fraction of sp³-hybridized carbons (Fsp3) is 0.375. The lowest BCUT2D eigenvalue weighted by Crippen LogP contribution is -2.58. The van der Waals surface area contributed by atoms with Crippen LogP contribution in [0.2, 0.25) is 0 Å². The molecule has 140 valence electrons. The molecule has 0 fully saturated rings. The Labute approximate surface area is 166 Å². The summed E-state index contributed by atoms with van der Waals surface area (Å²) in [5, 5.41) is 13.0. The van der Waals surface area contributed by atoms with E-state index in [0.29, 0.717) is 11.5 Å². The quantitative estimate of drug-likeness (QED) is 0.133. The molecule has 0 aliphatic carbocycles. The normalized spacial score (nSPS) is 19.8. The van der Waals surface area contributed by atoms with Gasteiger partial charge in [-0.15, -0.1) is 11.5 Å². The summed E-state index contributed by atoms with van der Waals surface area (Å²) in [6.07, 6.45) is 5.97. The zero-order valence-electron chi connectivity index (χ0n) is 14.5. The van der Waals surface area contributed by atoms with Crippen molar-refractivity contribution in [2.24, 2.45) is 22.0 Å². The Morgan fingerprint density at radius 3 is 2.81 bits per heavy atom. The summed E-state index contributed by atoms with van der Waals surface area (Å²) in [6, 6.07) is 3.85. The molecule has 0 radical (unpaired) electrons. The van der Waals surface area contributed by atoms with Gasteiger partial charge in [-0.25, -0.2) is 5.43 Å². The van der Waals surface area contributed by atoms with E-state index in [1.54, 1.807) is 6.20 Å². The van der Waals surface area contributed by atoms with Crippen molar-refractivity contribution < 1.29 is 9.47 Å². The van der Waals surface area contributed by atoms with Gasteiger partial charge in [0.05, 0.1) is 3.57 Å². The van der Waals surface area contributed by atoms with Gasteiger partial charge in [-0.05, 0) is 40.6 Å². The minimum Gasteiger partial charge on any atom is -0.480 e. The molecule has 2 atom stereocenters. The van der Waals surface area contributed by atoms with Crippen molar-refractivity contribution in [3.63, 3.8) is 0 Å². The van der Waals surface area contributed by atoms with Crippen LogP contribution in [-0.2, 0) is 0 Å². The highest BCUT2D eigenvalue weighted by molar-refractivity contribution is 14.1. The van der Waals surface area contributed by atoms with E-state index in [1.165, 1.54) is 0 Å². The Balaban J connectivity index is 2.30. The van der Waals surface area contributed by atoms with E-state index in [-0.39, 0.29) is 12.5 Å². The van der Waals surface area contributed by atoms with Crippen molar-refractivity contribution in [2.45, 2.75) is 32.2 Å². The molecule has 1 aliphatic rings. The van der Waals surface area contributed by atoms with Crippen LogP contribution in [0.5, 0.6) is 11.5 Å². The van der Waals surface area contributed by atoms with Crippen molar-refractivity contribution in [3.05, 3.63) is 33.2 Å². The first-order valence-corrected chi connectivity index (χ1v) is 8.93. The molecule has 0 saturated heterocycles. The van der Waals surface area contributed by atoms with E-state index in [1.807, 2.05) is 12.1 Å². The molecule has 1 aromatic carbocycles. The molecule has 2 unspecified atom stereocenters. The molecule has 0 amide bonds. The molecule has 1 heterocycles. The van der Waals surface area contributed by atoms with Gasteiger partial charge in [0.2, 0.25) is 0 Å². The van der Waals surface area contributed by atoms with E-state index in [9.17, 15) is 0 Å². The number of halogens is 1. The highest BCUT2D eigenvalue weighted by atomic mass is 127. The molecular weight excluding hydrogens is 449 g/mol. The molecule has 10 heteroatoms. The Morgan fingerprint density at radius 1 is 1.42 bits per heavy atom. The first-order chi connectivity index (χ1) is 12.5. The summed E-state index contributed by atoms with van der Waals surface area (Å²) < 4.78 is 12.6. The van der Waals surface area contributed by atoms with E-state index in [2.05, 4.69) is 68.8 Å². The van der Waals surface area contributed by atoms with Crippen molar-refractivity contribution in [2.75, 3.05) is 6.61 Å². The third kappa shape index (κ3) is 4.98. The average Bonchev–Trinajstić information content (AvgIpc) is 2.62. The number of rotatable bonds is 7. The standard InChI is InChI=1S/C16H22IN7O2/c1-4-5-25-13-6-10(9(2)3)12(7-11(13)17)26-14-8-20-16(23-24-19)21-15(14)22-18/h1,6-9,15-16,20-22H,5,18H2,2-3H3,(H2,19,23). The molecular formula is C16H22IN7O2. The molecule has 0 aromatic heterocycles. The Morgan fingerprint density at radius 2 is 2.19 bits per heavy atom. The van der Waals surface area contributed by atoms with E-state index >= 15 is 0 Å².